The number of halogens is 1. The highest BCUT2D eigenvalue weighted by molar-refractivity contribution is 6.31. The molecule has 0 aromatic heterocycles. The molecule has 3 N–H and O–H groups in total. The highest BCUT2D eigenvalue weighted by Gasteiger charge is 2.41. The van der Waals surface area contributed by atoms with Crippen molar-refractivity contribution in [2.45, 2.75) is 38.7 Å². The zero-order valence-electron chi connectivity index (χ0n) is 12.2. The van der Waals surface area contributed by atoms with Gasteiger partial charge in [-0.1, -0.05) is 37.4 Å². The Balaban J connectivity index is 2.36. The van der Waals surface area contributed by atoms with E-state index in [1.807, 2.05) is 12.1 Å². The number of hydrogen-bond acceptors (Lipinski definition) is 3. The van der Waals surface area contributed by atoms with E-state index in [4.69, 9.17) is 22.1 Å². The molecule has 0 aliphatic heterocycles. The summed E-state index contributed by atoms with van der Waals surface area (Å²) in [4.78, 5) is 0. The van der Waals surface area contributed by atoms with Crippen LogP contribution in [0.1, 0.15) is 44.3 Å². The molecule has 0 heterocycles. The zero-order chi connectivity index (χ0) is 14.8. The summed E-state index contributed by atoms with van der Waals surface area (Å²) in [6.07, 6.45) is 3.38. The van der Waals surface area contributed by atoms with Crippen LogP contribution in [0, 0.1) is 11.3 Å². The van der Waals surface area contributed by atoms with Crippen LogP contribution >= 0.6 is 11.6 Å². The summed E-state index contributed by atoms with van der Waals surface area (Å²) in [5, 5.41) is 11.5. The van der Waals surface area contributed by atoms with E-state index in [1.54, 1.807) is 13.2 Å². The number of aliphatic hydroxyl groups excluding tert-OH is 1. The van der Waals surface area contributed by atoms with E-state index in [2.05, 4.69) is 6.92 Å². The minimum Gasteiger partial charge on any atom is -0.496 e. The van der Waals surface area contributed by atoms with Crippen molar-refractivity contribution >= 4 is 11.6 Å². The summed E-state index contributed by atoms with van der Waals surface area (Å²) in [6, 6.07) is 5.45. The molecule has 1 fully saturated rings. The van der Waals surface area contributed by atoms with E-state index in [1.165, 1.54) is 0 Å². The Bertz CT molecular complexity index is 456. The Morgan fingerprint density at radius 1 is 1.45 bits per heavy atom. The monoisotopic (exact) mass is 297 g/mol. The lowest BCUT2D eigenvalue weighted by Crippen LogP contribution is -2.40. The zero-order valence-corrected chi connectivity index (χ0v) is 13.0. The maximum absolute atomic E-state index is 10.9. The van der Waals surface area contributed by atoms with E-state index >= 15 is 0 Å². The van der Waals surface area contributed by atoms with Gasteiger partial charge in [0.2, 0.25) is 0 Å². The highest BCUT2D eigenvalue weighted by atomic mass is 35.5. The third-order valence-electron chi connectivity index (χ3n) is 4.76. The van der Waals surface area contributed by atoms with Gasteiger partial charge in [-0.2, -0.15) is 0 Å². The second-order valence-corrected chi connectivity index (χ2v) is 6.41. The van der Waals surface area contributed by atoms with Crippen molar-refractivity contribution in [2.24, 2.45) is 17.1 Å². The van der Waals surface area contributed by atoms with Gasteiger partial charge in [-0.15, -0.1) is 0 Å². The maximum Gasteiger partial charge on any atom is 0.126 e. The molecule has 20 heavy (non-hydrogen) atoms. The third-order valence-corrected chi connectivity index (χ3v) is 5.09. The molecule has 0 saturated heterocycles. The number of aliphatic hydroxyl groups is 1. The molecular formula is C16H24ClNO2. The van der Waals surface area contributed by atoms with Gasteiger partial charge in [0.25, 0.3) is 0 Å². The standard InChI is InChI=1S/C16H24ClNO2/c1-11-6-8-16(10-18,9-7-11)15(19)14-12(17)4-3-5-13(14)20-2/h3-5,11,15,19H,6-10,18H2,1-2H3. The molecular weight excluding hydrogens is 274 g/mol. The van der Waals surface area contributed by atoms with E-state index in [0.717, 1.165) is 25.7 Å². The Kier molecular flexibility index (Phi) is 4.95. The van der Waals surface area contributed by atoms with Crippen molar-refractivity contribution in [1.29, 1.82) is 0 Å². The molecule has 3 nitrogen and oxygen atoms in total. The molecule has 1 unspecified atom stereocenters. The quantitative estimate of drug-likeness (QED) is 0.894. The smallest absolute Gasteiger partial charge is 0.126 e. The molecule has 2 rings (SSSR count). The first-order chi connectivity index (χ1) is 9.54. The number of nitrogens with two attached hydrogens (primary N) is 1. The van der Waals surface area contributed by atoms with Gasteiger partial charge >= 0.3 is 0 Å². The fourth-order valence-electron chi connectivity index (χ4n) is 3.19. The van der Waals surface area contributed by atoms with E-state index in [9.17, 15) is 5.11 Å². The van der Waals surface area contributed by atoms with Crippen molar-refractivity contribution in [3.8, 4) is 5.75 Å². The largest absolute Gasteiger partial charge is 0.496 e. The third kappa shape index (κ3) is 2.80. The van der Waals surface area contributed by atoms with Crippen LogP contribution in [0.4, 0.5) is 0 Å². The van der Waals surface area contributed by atoms with Gasteiger partial charge < -0.3 is 15.6 Å². The maximum atomic E-state index is 10.9. The average molecular weight is 298 g/mol. The predicted molar refractivity (Wildman–Crippen MR) is 82.1 cm³/mol. The van der Waals surface area contributed by atoms with Crippen LogP contribution < -0.4 is 10.5 Å². The highest BCUT2D eigenvalue weighted by Crippen LogP contribution is 2.50. The summed E-state index contributed by atoms with van der Waals surface area (Å²) in [5.74, 6) is 1.34. The lowest BCUT2D eigenvalue weighted by molar-refractivity contribution is -0.00938. The Morgan fingerprint density at radius 2 is 2.10 bits per heavy atom. The second-order valence-electron chi connectivity index (χ2n) is 6.01. The summed E-state index contributed by atoms with van der Waals surface area (Å²) >= 11 is 6.29. The van der Waals surface area contributed by atoms with Crippen molar-refractivity contribution < 1.29 is 9.84 Å². The van der Waals surface area contributed by atoms with Crippen LogP contribution in [0.25, 0.3) is 0 Å². The molecule has 1 aliphatic rings. The predicted octanol–water partition coefficient (Wildman–Crippen LogP) is 3.54. The number of ether oxygens (including phenoxy) is 1. The van der Waals surface area contributed by atoms with E-state index < -0.39 is 6.10 Å². The lowest BCUT2D eigenvalue weighted by Gasteiger charge is -2.42. The topological polar surface area (TPSA) is 55.5 Å². The van der Waals surface area contributed by atoms with Crippen LogP contribution in [-0.4, -0.2) is 18.8 Å². The van der Waals surface area contributed by atoms with E-state index in [0.29, 0.717) is 28.8 Å². The summed E-state index contributed by atoms with van der Waals surface area (Å²) in [6.45, 7) is 2.72. The van der Waals surface area contributed by atoms with Crippen molar-refractivity contribution in [2.75, 3.05) is 13.7 Å². The molecule has 1 aromatic rings. The van der Waals surface area contributed by atoms with Crippen molar-refractivity contribution in [3.63, 3.8) is 0 Å². The summed E-state index contributed by atoms with van der Waals surface area (Å²) in [7, 11) is 1.60. The van der Waals surface area contributed by atoms with Gasteiger partial charge in [0, 0.05) is 17.5 Å². The number of benzene rings is 1. The molecule has 1 aliphatic carbocycles. The van der Waals surface area contributed by atoms with Crippen LogP contribution in [0.3, 0.4) is 0 Å². The molecule has 1 aromatic carbocycles. The van der Waals surface area contributed by atoms with Gasteiger partial charge in [0.05, 0.1) is 18.2 Å². The molecule has 0 spiro atoms. The Hall–Kier alpha value is -0.770. The fraction of sp³-hybridized carbons (Fsp3) is 0.625. The first kappa shape index (κ1) is 15.6. The molecule has 1 saturated carbocycles. The van der Waals surface area contributed by atoms with Crippen LogP contribution in [0.2, 0.25) is 5.02 Å². The Labute approximate surface area is 126 Å². The number of hydrogen-bond donors (Lipinski definition) is 2. The summed E-state index contributed by atoms with van der Waals surface area (Å²) in [5.41, 5.74) is 6.41. The minimum atomic E-state index is -0.677. The van der Waals surface area contributed by atoms with Crippen molar-refractivity contribution in [1.82, 2.24) is 0 Å². The van der Waals surface area contributed by atoms with E-state index in [-0.39, 0.29) is 5.41 Å². The van der Waals surface area contributed by atoms with Gasteiger partial charge in [-0.25, -0.2) is 0 Å². The van der Waals surface area contributed by atoms with Crippen LogP contribution in [0.5, 0.6) is 5.75 Å². The lowest BCUT2D eigenvalue weighted by atomic mass is 9.66. The number of rotatable bonds is 4. The second kappa shape index (κ2) is 6.33. The molecule has 112 valence electrons. The Morgan fingerprint density at radius 3 is 2.65 bits per heavy atom. The molecule has 4 heteroatoms. The van der Waals surface area contributed by atoms with Gasteiger partial charge in [0.15, 0.2) is 0 Å². The molecule has 1 atom stereocenters. The fourth-order valence-corrected chi connectivity index (χ4v) is 3.46. The normalized spacial score (nSPS) is 28.1. The summed E-state index contributed by atoms with van der Waals surface area (Å²) < 4.78 is 5.36. The van der Waals surface area contributed by atoms with Gasteiger partial charge in [0.1, 0.15) is 5.75 Å². The molecule has 0 amide bonds. The molecule has 0 bridgehead atoms. The minimum absolute atomic E-state index is 0.287. The van der Waals surface area contributed by atoms with Gasteiger partial charge in [-0.05, 0) is 30.9 Å². The SMILES string of the molecule is COc1cccc(Cl)c1C(O)C1(CN)CCC(C)CC1. The van der Waals surface area contributed by atoms with Crippen LogP contribution in [-0.2, 0) is 0 Å². The van der Waals surface area contributed by atoms with Gasteiger partial charge in [-0.3, -0.25) is 0 Å². The number of methoxy groups -OCH3 is 1. The average Bonchev–Trinajstić information content (AvgIpc) is 2.47. The van der Waals surface area contributed by atoms with Crippen molar-refractivity contribution in [3.05, 3.63) is 28.8 Å². The van der Waals surface area contributed by atoms with Crippen LogP contribution in [0.15, 0.2) is 18.2 Å². The molecule has 0 radical (unpaired) electrons. The first-order valence-electron chi connectivity index (χ1n) is 7.24. The first-order valence-corrected chi connectivity index (χ1v) is 7.62.